The molecule has 0 aliphatic carbocycles. The fourth-order valence-electron chi connectivity index (χ4n) is 4.59. The van der Waals surface area contributed by atoms with Gasteiger partial charge in [-0.15, -0.1) is 0 Å². The van der Waals surface area contributed by atoms with Gasteiger partial charge in [-0.05, 0) is 48.7 Å². The van der Waals surface area contributed by atoms with Crippen molar-refractivity contribution in [3.8, 4) is 11.1 Å². The summed E-state index contributed by atoms with van der Waals surface area (Å²) < 4.78 is 6.80. The summed E-state index contributed by atoms with van der Waals surface area (Å²) in [4.78, 5) is 20.2. The summed E-state index contributed by atoms with van der Waals surface area (Å²) in [5.74, 6) is -0.265. The number of anilines is 2. The molecule has 0 unspecified atom stereocenters. The maximum absolute atomic E-state index is 13.3. The van der Waals surface area contributed by atoms with Crippen molar-refractivity contribution >= 4 is 34.5 Å². The molecule has 8 nitrogen and oxygen atoms in total. The van der Waals surface area contributed by atoms with Crippen LogP contribution in [0.1, 0.15) is 23.3 Å². The second kappa shape index (κ2) is 11.1. The number of para-hydroxylation sites is 2. The molecule has 2 N–H and O–H groups in total. The third-order valence-electron chi connectivity index (χ3n) is 6.46. The van der Waals surface area contributed by atoms with Gasteiger partial charge in [-0.2, -0.15) is 5.10 Å². The van der Waals surface area contributed by atoms with E-state index < -0.39 is 0 Å². The third-order valence-corrected chi connectivity index (χ3v) is 6.70. The van der Waals surface area contributed by atoms with Gasteiger partial charge in [-0.25, -0.2) is 9.50 Å². The zero-order valence-electron chi connectivity index (χ0n) is 20.2. The van der Waals surface area contributed by atoms with Crippen LogP contribution in [0.15, 0.2) is 67.0 Å². The number of piperidine rings is 1. The molecule has 0 radical (unpaired) electrons. The molecule has 1 aliphatic rings. The van der Waals surface area contributed by atoms with E-state index in [-0.39, 0.29) is 5.91 Å². The number of amides is 1. The summed E-state index contributed by atoms with van der Waals surface area (Å²) in [7, 11) is 1.72. The Morgan fingerprint density at radius 1 is 1.14 bits per heavy atom. The first-order valence-electron chi connectivity index (χ1n) is 12.1. The van der Waals surface area contributed by atoms with Crippen LogP contribution in [0.5, 0.6) is 0 Å². The van der Waals surface area contributed by atoms with Gasteiger partial charge in [0.2, 0.25) is 0 Å². The number of carbonyl (C=O) groups is 1. The molecule has 0 bridgehead atoms. The molecule has 2 aromatic heterocycles. The highest BCUT2D eigenvalue weighted by Crippen LogP contribution is 2.29. The lowest BCUT2D eigenvalue weighted by molar-refractivity contribution is 0.102. The van der Waals surface area contributed by atoms with Crippen LogP contribution in [0.3, 0.4) is 0 Å². The van der Waals surface area contributed by atoms with Gasteiger partial charge in [-0.1, -0.05) is 35.9 Å². The minimum atomic E-state index is -0.265. The van der Waals surface area contributed by atoms with Crippen molar-refractivity contribution in [3.05, 3.63) is 77.7 Å². The number of hydrogen-bond acceptors (Lipinski definition) is 6. The van der Waals surface area contributed by atoms with Gasteiger partial charge in [-0.3, -0.25) is 4.79 Å². The van der Waals surface area contributed by atoms with Crippen LogP contribution in [-0.2, 0) is 4.74 Å². The number of fused-ring (bicyclic) bond motifs is 1. The number of hydrogen-bond donors (Lipinski definition) is 2. The largest absolute Gasteiger partial charge is 0.383 e. The molecular weight excluding hydrogens is 476 g/mol. The summed E-state index contributed by atoms with van der Waals surface area (Å²) in [5.41, 5.74) is 4.43. The number of carbonyl (C=O) groups excluding carboxylic acids is 1. The van der Waals surface area contributed by atoms with E-state index in [2.05, 4.69) is 31.7 Å². The Kier molecular flexibility index (Phi) is 7.46. The zero-order valence-corrected chi connectivity index (χ0v) is 20.9. The second-order valence-electron chi connectivity index (χ2n) is 8.83. The lowest BCUT2D eigenvalue weighted by Gasteiger charge is -2.35. The molecule has 1 fully saturated rings. The number of aromatic nitrogens is 3. The number of benzene rings is 2. The lowest BCUT2D eigenvalue weighted by Crippen LogP contribution is -2.43. The van der Waals surface area contributed by atoms with Gasteiger partial charge >= 0.3 is 0 Å². The molecule has 186 valence electrons. The predicted octanol–water partition coefficient (Wildman–Crippen LogP) is 4.51. The van der Waals surface area contributed by atoms with Crippen molar-refractivity contribution < 1.29 is 9.53 Å². The second-order valence-corrected chi connectivity index (χ2v) is 9.27. The molecule has 2 aromatic carbocycles. The fraction of sp³-hybridized carbons (Fsp3) is 0.296. The van der Waals surface area contributed by atoms with Crippen LogP contribution in [-0.4, -0.2) is 59.9 Å². The molecule has 9 heteroatoms. The van der Waals surface area contributed by atoms with E-state index in [4.69, 9.17) is 16.3 Å². The first kappa shape index (κ1) is 24.2. The average molecular weight is 505 g/mol. The number of ether oxygens (including phenoxy) is 1. The fourth-order valence-corrected chi connectivity index (χ4v) is 4.78. The maximum atomic E-state index is 13.3. The predicted molar refractivity (Wildman–Crippen MR) is 143 cm³/mol. The molecule has 3 heterocycles. The van der Waals surface area contributed by atoms with Crippen LogP contribution < -0.4 is 15.5 Å². The van der Waals surface area contributed by atoms with Gasteiger partial charge in [0.15, 0.2) is 5.65 Å². The van der Waals surface area contributed by atoms with E-state index in [9.17, 15) is 4.79 Å². The Balaban J connectivity index is 1.32. The third kappa shape index (κ3) is 5.36. The van der Waals surface area contributed by atoms with Crippen LogP contribution >= 0.6 is 11.6 Å². The number of rotatable bonds is 8. The van der Waals surface area contributed by atoms with Gasteiger partial charge < -0.3 is 20.3 Å². The van der Waals surface area contributed by atoms with Crippen molar-refractivity contribution in [1.82, 2.24) is 19.9 Å². The zero-order chi connectivity index (χ0) is 24.9. The summed E-state index contributed by atoms with van der Waals surface area (Å²) in [6.07, 6.45) is 5.56. The van der Waals surface area contributed by atoms with Crippen molar-refractivity contribution in [2.75, 3.05) is 43.6 Å². The van der Waals surface area contributed by atoms with E-state index in [1.54, 1.807) is 30.1 Å². The van der Waals surface area contributed by atoms with E-state index >= 15 is 0 Å². The molecule has 0 atom stereocenters. The molecule has 5 rings (SSSR count). The Morgan fingerprint density at radius 3 is 2.78 bits per heavy atom. The van der Waals surface area contributed by atoms with Gasteiger partial charge in [0.25, 0.3) is 5.91 Å². The van der Waals surface area contributed by atoms with Gasteiger partial charge in [0.1, 0.15) is 5.69 Å². The highest BCUT2D eigenvalue weighted by Gasteiger charge is 2.22. The van der Waals surface area contributed by atoms with Gasteiger partial charge in [0, 0.05) is 49.6 Å². The first-order valence-corrected chi connectivity index (χ1v) is 12.5. The Hall–Kier alpha value is -3.46. The summed E-state index contributed by atoms with van der Waals surface area (Å²) in [5, 5.41) is 11.6. The van der Waals surface area contributed by atoms with Crippen LogP contribution in [0.4, 0.5) is 11.4 Å². The SMILES string of the molecule is COCCNC1CCN(c2ccccc2NC(=O)c2ccn3ncc(-c4cccc(Cl)c4)c3n2)CC1. The van der Waals surface area contributed by atoms with Crippen molar-refractivity contribution in [3.63, 3.8) is 0 Å². The standard InChI is InChI=1S/C27H29ClN6O2/c1-36-16-12-29-21-9-13-33(14-10-21)25-8-3-2-7-23(25)32-27(35)24-11-15-34-26(31-24)22(18-30-34)19-5-4-6-20(28)17-19/h2-8,11,15,17-18,21,29H,9-10,12-14,16H2,1H3,(H,32,35). The van der Waals surface area contributed by atoms with E-state index in [0.29, 0.717) is 22.4 Å². The van der Waals surface area contributed by atoms with Crippen LogP contribution in [0.25, 0.3) is 16.8 Å². The van der Waals surface area contributed by atoms with Crippen molar-refractivity contribution in [2.24, 2.45) is 0 Å². The summed E-state index contributed by atoms with van der Waals surface area (Å²) in [6.45, 7) is 3.41. The first-order chi connectivity index (χ1) is 17.6. The molecule has 36 heavy (non-hydrogen) atoms. The van der Waals surface area contributed by atoms with E-state index in [1.165, 1.54) is 0 Å². The minimum Gasteiger partial charge on any atom is -0.383 e. The Bertz CT molecular complexity index is 1350. The van der Waals surface area contributed by atoms with Crippen molar-refractivity contribution in [2.45, 2.75) is 18.9 Å². The Morgan fingerprint density at radius 2 is 1.97 bits per heavy atom. The highest BCUT2D eigenvalue weighted by atomic mass is 35.5. The summed E-state index contributed by atoms with van der Waals surface area (Å²) in [6, 6.07) is 17.6. The van der Waals surface area contributed by atoms with Crippen LogP contribution in [0, 0.1) is 0 Å². The molecule has 1 amide bonds. The quantitative estimate of drug-likeness (QED) is 0.344. The molecule has 0 spiro atoms. The smallest absolute Gasteiger partial charge is 0.274 e. The molecule has 1 saturated heterocycles. The number of nitrogens with zero attached hydrogens (tertiary/aromatic N) is 4. The van der Waals surface area contributed by atoms with E-state index in [1.807, 2.05) is 42.5 Å². The van der Waals surface area contributed by atoms with Gasteiger partial charge in [0.05, 0.1) is 24.2 Å². The molecule has 4 aromatic rings. The average Bonchev–Trinajstić information content (AvgIpc) is 3.33. The molecule has 0 saturated carbocycles. The maximum Gasteiger partial charge on any atom is 0.274 e. The lowest BCUT2D eigenvalue weighted by atomic mass is 10.0. The molecule has 1 aliphatic heterocycles. The van der Waals surface area contributed by atoms with E-state index in [0.717, 1.165) is 61.6 Å². The minimum absolute atomic E-state index is 0.265. The van der Waals surface area contributed by atoms with Crippen molar-refractivity contribution in [1.29, 1.82) is 0 Å². The number of methoxy groups -OCH3 is 1. The normalized spacial score (nSPS) is 14.3. The van der Waals surface area contributed by atoms with Crippen LogP contribution in [0.2, 0.25) is 5.02 Å². The topological polar surface area (TPSA) is 83.8 Å². The number of nitrogens with one attached hydrogen (secondary N) is 2. The Labute approximate surface area is 215 Å². The molecular formula is C27H29ClN6O2. The number of halogens is 1. The summed E-state index contributed by atoms with van der Waals surface area (Å²) >= 11 is 6.18. The highest BCUT2D eigenvalue weighted by molar-refractivity contribution is 6.30. The monoisotopic (exact) mass is 504 g/mol.